The van der Waals surface area contributed by atoms with Gasteiger partial charge in [-0.05, 0) is 48.2 Å². The first kappa shape index (κ1) is 35.1. The normalized spacial score (nSPS) is 16.7. The van der Waals surface area contributed by atoms with Crippen LogP contribution in [0.1, 0.15) is 19.4 Å². The van der Waals surface area contributed by atoms with Gasteiger partial charge in [-0.15, -0.1) is 24.5 Å². The van der Waals surface area contributed by atoms with E-state index in [1.807, 2.05) is 13.8 Å². The van der Waals surface area contributed by atoms with Gasteiger partial charge in [0.1, 0.15) is 5.75 Å². The molecule has 0 radical (unpaired) electrons. The molecule has 5 rings (SSSR count). The number of aliphatic hydroxyl groups excluding tert-OH is 1. The maximum Gasteiger partial charge on any atom is 0.573 e. The molecule has 2 N–H and O–H groups in total. The van der Waals surface area contributed by atoms with Crippen LogP contribution < -0.4 is 15.0 Å². The third-order valence-electron chi connectivity index (χ3n) is 7.46. The van der Waals surface area contributed by atoms with Crippen LogP contribution in [0.2, 0.25) is 0 Å². The van der Waals surface area contributed by atoms with E-state index in [9.17, 15) is 36.3 Å². The van der Waals surface area contributed by atoms with E-state index in [4.69, 9.17) is 4.74 Å². The number of aromatic nitrogens is 1. The van der Waals surface area contributed by atoms with Crippen molar-refractivity contribution in [3.05, 3.63) is 83.9 Å². The zero-order valence-electron chi connectivity index (χ0n) is 25.8. The van der Waals surface area contributed by atoms with Gasteiger partial charge in [0, 0.05) is 19.2 Å². The van der Waals surface area contributed by atoms with Gasteiger partial charge in [0.2, 0.25) is 10.0 Å². The van der Waals surface area contributed by atoms with Crippen LogP contribution in [-0.2, 0) is 26.0 Å². The molecule has 1 aromatic heterocycles. The standard InChI is InChI=1S/C32H33F3N4O7S2/c1-20(2)16-38(48(43,44)24-11-12-25-29(15-24)47-19-36-25)17-27(40)26(13-21-7-4-3-5-8-21)37-30(41)28-18-39(31(42)45-28)22-9-6-10-23(14-22)46-32(33,34)35/h3-12,14-15,19-20,26-28,40H,13,16-18H2,1-2H3,(H,37,41)/t26-,27+,28-/m0/s1. The lowest BCUT2D eigenvalue weighted by Crippen LogP contribution is -2.53. The van der Waals surface area contributed by atoms with Gasteiger partial charge in [-0.1, -0.05) is 50.2 Å². The molecule has 1 aliphatic rings. The third kappa shape index (κ3) is 8.61. The van der Waals surface area contributed by atoms with E-state index in [2.05, 4.69) is 15.0 Å². The number of nitrogens with zero attached hydrogens (tertiary/aromatic N) is 3. The van der Waals surface area contributed by atoms with Gasteiger partial charge < -0.3 is 19.9 Å². The Bertz CT molecular complexity index is 1850. The van der Waals surface area contributed by atoms with E-state index >= 15 is 0 Å². The molecule has 3 atom stereocenters. The Morgan fingerprint density at radius 3 is 2.58 bits per heavy atom. The van der Waals surface area contributed by atoms with Crippen molar-refractivity contribution < 1.29 is 45.8 Å². The summed E-state index contributed by atoms with van der Waals surface area (Å²) in [6.07, 6.45) is -8.58. The molecule has 0 bridgehead atoms. The molecule has 4 aromatic rings. The monoisotopic (exact) mass is 706 g/mol. The second-order valence-electron chi connectivity index (χ2n) is 11.6. The van der Waals surface area contributed by atoms with Crippen molar-refractivity contribution in [1.29, 1.82) is 0 Å². The molecule has 16 heteroatoms. The molecule has 1 aliphatic heterocycles. The number of hydrogen-bond donors (Lipinski definition) is 2. The number of hydrogen-bond acceptors (Lipinski definition) is 9. The summed E-state index contributed by atoms with van der Waals surface area (Å²) >= 11 is 1.30. The van der Waals surface area contributed by atoms with E-state index in [1.54, 1.807) is 41.9 Å². The highest BCUT2D eigenvalue weighted by Crippen LogP contribution is 2.30. The summed E-state index contributed by atoms with van der Waals surface area (Å²) in [6.45, 7) is 3.08. The molecule has 3 aromatic carbocycles. The van der Waals surface area contributed by atoms with Crippen molar-refractivity contribution in [2.24, 2.45) is 5.92 Å². The fourth-order valence-electron chi connectivity index (χ4n) is 5.24. The predicted molar refractivity (Wildman–Crippen MR) is 172 cm³/mol. The van der Waals surface area contributed by atoms with E-state index < -0.39 is 52.4 Å². The number of amides is 2. The second kappa shape index (κ2) is 14.5. The average Bonchev–Trinajstić information content (AvgIpc) is 3.66. The summed E-state index contributed by atoms with van der Waals surface area (Å²) < 4.78 is 77.0. The van der Waals surface area contributed by atoms with Crippen LogP contribution in [0.3, 0.4) is 0 Å². The summed E-state index contributed by atoms with van der Waals surface area (Å²) in [5.41, 5.74) is 3.04. The Hall–Kier alpha value is -4.25. The van der Waals surface area contributed by atoms with Crippen LogP contribution in [0.5, 0.6) is 5.75 Å². The van der Waals surface area contributed by atoms with Crippen molar-refractivity contribution >= 4 is 49.3 Å². The number of halogens is 3. The van der Waals surface area contributed by atoms with Crippen LogP contribution in [0.15, 0.2) is 83.2 Å². The Morgan fingerprint density at radius 1 is 1.12 bits per heavy atom. The van der Waals surface area contributed by atoms with E-state index in [0.29, 0.717) is 10.2 Å². The number of nitrogens with one attached hydrogen (secondary N) is 1. The quantitative estimate of drug-likeness (QED) is 0.199. The molecule has 0 saturated carbocycles. The van der Waals surface area contributed by atoms with Crippen LogP contribution in [0, 0.1) is 5.92 Å². The van der Waals surface area contributed by atoms with Gasteiger partial charge in [0.25, 0.3) is 5.91 Å². The number of cyclic esters (lactones) is 1. The van der Waals surface area contributed by atoms with Gasteiger partial charge in [0.05, 0.1) is 45.0 Å². The van der Waals surface area contributed by atoms with E-state index in [-0.39, 0.29) is 42.6 Å². The Balaban J connectivity index is 1.35. The first-order valence-corrected chi connectivity index (χ1v) is 17.2. The molecule has 1 fully saturated rings. The Labute approximate surface area is 278 Å². The number of carbonyl (C=O) groups excluding carboxylic acids is 2. The van der Waals surface area contributed by atoms with Crippen LogP contribution in [0.4, 0.5) is 23.7 Å². The molecular formula is C32H33F3N4O7S2. The molecule has 0 spiro atoms. The van der Waals surface area contributed by atoms with Gasteiger partial charge in [-0.25, -0.2) is 18.2 Å². The molecular weight excluding hydrogens is 674 g/mol. The summed E-state index contributed by atoms with van der Waals surface area (Å²) in [7, 11) is -4.09. The number of fused-ring (bicyclic) bond motifs is 1. The second-order valence-corrected chi connectivity index (χ2v) is 14.4. The minimum Gasteiger partial charge on any atom is -0.434 e. The van der Waals surface area contributed by atoms with Crippen molar-refractivity contribution in [3.63, 3.8) is 0 Å². The smallest absolute Gasteiger partial charge is 0.434 e. The first-order valence-electron chi connectivity index (χ1n) is 14.9. The Kier molecular flexibility index (Phi) is 10.6. The summed E-state index contributed by atoms with van der Waals surface area (Å²) in [6, 6.07) is 17.2. The number of anilines is 1. The summed E-state index contributed by atoms with van der Waals surface area (Å²) in [4.78, 5) is 31.4. The largest absolute Gasteiger partial charge is 0.573 e. The first-order chi connectivity index (χ1) is 22.7. The van der Waals surface area contributed by atoms with E-state index in [1.165, 1.54) is 39.9 Å². The van der Waals surface area contributed by atoms with Crippen molar-refractivity contribution in [3.8, 4) is 5.75 Å². The van der Waals surface area contributed by atoms with E-state index in [0.717, 1.165) is 22.6 Å². The predicted octanol–water partition coefficient (Wildman–Crippen LogP) is 4.96. The number of sulfonamides is 1. The number of aliphatic hydroxyl groups is 1. The maximum atomic E-state index is 13.9. The van der Waals surface area contributed by atoms with Crippen molar-refractivity contribution in [2.45, 2.75) is 49.8 Å². The highest BCUT2D eigenvalue weighted by molar-refractivity contribution is 7.89. The third-order valence-corrected chi connectivity index (χ3v) is 10.1. The average molecular weight is 707 g/mol. The van der Waals surface area contributed by atoms with Gasteiger partial charge >= 0.3 is 12.5 Å². The topological polar surface area (TPSA) is 138 Å². The van der Waals surface area contributed by atoms with Gasteiger partial charge in [-0.3, -0.25) is 9.69 Å². The molecule has 256 valence electrons. The van der Waals surface area contributed by atoms with Gasteiger partial charge in [-0.2, -0.15) is 4.31 Å². The van der Waals surface area contributed by atoms with Crippen molar-refractivity contribution in [2.75, 3.05) is 24.5 Å². The highest BCUT2D eigenvalue weighted by atomic mass is 32.2. The minimum atomic E-state index is -4.94. The van der Waals surface area contributed by atoms with Crippen LogP contribution >= 0.6 is 11.3 Å². The lowest BCUT2D eigenvalue weighted by molar-refractivity contribution is -0.274. The van der Waals surface area contributed by atoms with Crippen LogP contribution in [0.25, 0.3) is 10.2 Å². The molecule has 11 nitrogen and oxygen atoms in total. The van der Waals surface area contributed by atoms with Crippen LogP contribution in [-0.4, -0.2) is 79.1 Å². The Morgan fingerprint density at radius 2 is 1.88 bits per heavy atom. The molecule has 48 heavy (non-hydrogen) atoms. The fourth-order valence-corrected chi connectivity index (χ4v) is 7.68. The lowest BCUT2D eigenvalue weighted by Gasteiger charge is -2.31. The summed E-state index contributed by atoms with van der Waals surface area (Å²) in [5.74, 6) is -1.44. The molecule has 0 unspecified atom stereocenters. The minimum absolute atomic E-state index is 0.0176. The number of thiazole rings is 1. The number of carbonyl (C=O) groups is 2. The zero-order chi connectivity index (χ0) is 34.6. The zero-order valence-corrected chi connectivity index (χ0v) is 27.5. The highest BCUT2D eigenvalue weighted by Gasteiger charge is 2.40. The maximum absolute atomic E-state index is 13.9. The summed E-state index contributed by atoms with van der Waals surface area (Å²) in [5, 5.41) is 14.3. The SMILES string of the molecule is CC(C)CN(C[C@@H](O)[C@H](Cc1ccccc1)NC(=O)[C@@H]1CN(c2cccc(OC(F)(F)F)c2)C(=O)O1)S(=O)(=O)c1ccc2ncsc2c1. The number of rotatable bonds is 13. The molecule has 0 aliphatic carbocycles. The number of ether oxygens (including phenoxy) is 2. The van der Waals surface area contributed by atoms with Gasteiger partial charge in [0.15, 0.2) is 6.10 Å². The molecule has 1 saturated heterocycles. The number of alkyl halides is 3. The lowest BCUT2D eigenvalue weighted by atomic mass is 10.0. The molecule has 2 amide bonds. The van der Waals surface area contributed by atoms with Crippen molar-refractivity contribution in [1.82, 2.24) is 14.6 Å². The fraction of sp³-hybridized carbons (Fsp3) is 0.344. The number of benzene rings is 3. The molecule has 2 heterocycles.